The van der Waals surface area contributed by atoms with Crippen LogP contribution in [0, 0.1) is 11.3 Å². The first kappa shape index (κ1) is 13.4. The quantitative estimate of drug-likeness (QED) is 0.743. The van der Waals surface area contributed by atoms with Crippen molar-refractivity contribution in [2.45, 2.75) is 6.42 Å². The van der Waals surface area contributed by atoms with Gasteiger partial charge in [0.15, 0.2) is 0 Å². The average Bonchev–Trinajstić information content (AvgIpc) is 2.46. The van der Waals surface area contributed by atoms with Crippen molar-refractivity contribution in [1.82, 2.24) is 0 Å². The lowest BCUT2D eigenvalue weighted by Crippen LogP contribution is -2.22. The number of likely N-dealkylation sites (N-methyl/N-ethyl adjacent to an activating group) is 1. The number of hydrogen-bond donors (Lipinski definition) is 0. The monoisotopic (exact) mass is 254 g/mol. The molecule has 19 heavy (non-hydrogen) atoms. The number of nitrogens with zero attached hydrogens (tertiary/aromatic N) is 2. The fraction of sp³-hybridized carbons (Fsp3) is 0.312. The Labute approximate surface area is 114 Å². The molecule has 0 aliphatic rings. The maximum absolute atomic E-state index is 8.43. The Morgan fingerprint density at radius 2 is 1.89 bits per heavy atom. The molecule has 0 atom stereocenters. The summed E-state index contributed by atoms with van der Waals surface area (Å²) in [6.45, 7) is 1.97. The summed E-state index contributed by atoms with van der Waals surface area (Å²) in [4.78, 5) is 2.19. The molecular formula is C16H18N2O. The van der Waals surface area contributed by atoms with Gasteiger partial charge < -0.3 is 9.64 Å². The maximum atomic E-state index is 8.43. The molecule has 3 nitrogen and oxygen atoms in total. The zero-order valence-electron chi connectivity index (χ0n) is 11.2. The molecule has 0 bridgehead atoms. The Kier molecular flexibility index (Phi) is 4.77. The molecule has 2 aromatic rings. The summed E-state index contributed by atoms with van der Waals surface area (Å²) in [6.07, 6.45) is 0.456. The van der Waals surface area contributed by atoms with Crippen molar-refractivity contribution in [3.8, 4) is 6.07 Å². The van der Waals surface area contributed by atoms with E-state index in [0.29, 0.717) is 19.6 Å². The van der Waals surface area contributed by atoms with E-state index in [4.69, 9.17) is 10.00 Å². The summed E-state index contributed by atoms with van der Waals surface area (Å²) in [7, 11) is 2.06. The summed E-state index contributed by atoms with van der Waals surface area (Å²) in [5, 5.41) is 10.9. The number of ether oxygens (including phenoxy) is 1. The Morgan fingerprint density at radius 3 is 2.74 bits per heavy atom. The van der Waals surface area contributed by atoms with Crippen LogP contribution in [0.4, 0.5) is 5.69 Å². The third kappa shape index (κ3) is 3.46. The zero-order valence-corrected chi connectivity index (χ0v) is 11.2. The van der Waals surface area contributed by atoms with E-state index >= 15 is 0 Å². The van der Waals surface area contributed by atoms with Gasteiger partial charge in [0.05, 0.1) is 25.7 Å². The molecule has 2 rings (SSSR count). The van der Waals surface area contributed by atoms with Crippen LogP contribution in [0.3, 0.4) is 0 Å². The summed E-state index contributed by atoms with van der Waals surface area (Å²) in [5.74, 6) is 0. The number of nitriles is 1. The van der Waals surface area contributed by atoms with Crippen molar-refractivity contribution in [3.05, 3.63) is 42.5 Å². The Hall–Kier alpha value is -2.05. The summed E-state index contributed by atoms with van der Waals surface area (Å²) in [5.41, 5.74) is 1.21. The fourth-order valence-corrected chi connectivity index (χ4v) is 2.08. The average molecular weight is 254 g/mol. The molecule has 0 saturated carbocycles. The van der Waals surface area contributed by atoms with Crippen molar-refractivity contribution >= 4 is 16.5 Å². The largest absolute Gasteiger partial charge is 0.379 e. The van der Waals surface area contributed by atoms with Crippen molar-refractivity contribution < 1.29 is 4.74 Å². The first-order chi connectivity index (χ1) is 9.33. The highest BCUT2D eigenvalue weighted by Crippen LogP contribution is 2.25. The summed E-state index contributed by atoms with van der Waals surface area (Å²) < 4.78 is 5.41. The molecule has 0 unspecified atom stereocenters. The van der Waals surface area contributed by atoms with Gasteiger partial charge in [0.2, 0.25) is 0 Å². The molecule has 98 valence electrons. The van der Waals surface area contributed by atoms with E-state index in [9.17, 15) is 0 Å². The van der Waals surface area contributed by atoms with Crippen LogP contribution in [0.1, 0.15) is 6.42 Å². The first-order valence-electron chi connectivity index (χ1n) is 6.46. The normalized spacial score (nSPS) is 10.3. The standard InChI is InChI=1S/C16H18N2O/c1-18(11-13-19-12-5-10-17)16-9-4-7-14-6-2-3-8-15(14)16/h2-4,6-9H,5,11-13H2,1H3. The van der Waals surface area contributed by atoms with Crippen molar-refractivity contribution in [2.24, 2.45) is 0 Å². The lowest BCUT2D eigenvalue weighted by atomic mass is 10.1. The smallest absolute Gasteiger partial charge is 0.0645 e. The van der Waals surface area contributed by atoms with Crippen LogP contribution in [-0.4, -0.2) is 26.8 Å². The predicted octanol–water partition coefficient (Wildman–Crippen LogP) is 3.21. The molecule has 0 N–H and O–H groups in total. The molecule has 0 heterocycles. The minimum absolute atomic E-state index is 0.456. The van der Waals surface area contributed by atoms with Crippen LogP contribution in [0.25, 0.3) is 10.8 Å². The minimum Gasteiger partial charge on any atom is -0.379 e. The van der Waals surface area contributed by atoms with E-state index < -0.39 is 0 Å². The van der Waals surface area contributed by atoms with Crippen LogP contribution in [0.5, 0.6) is 0 Å². The van der Waals surface area contributed by atoms with Crippen molar-refractivity contribution in [3.63, 3.8) is 0 Å². The van der Waals surface area contributed by atoms with Gasteiger partial charge in [0, 0.05) is 24.7 Å². The first-order valence-corrected chi connectivity index (χ1v) is 6.46. The highest BCUT2D eigenvalue weighted by atomic mass is 16.5. The fourth-order valence-electron chi connectivity index (χ4n) is 2.08. The molecule has 0 radical (unpaired) electrons. The van der Waals surface area contributed by atoms with Crippen LogP contribution >= 0.6 is 0 Å². The van der Waals surface area contributed by atoms with Gasteiger partial charge in [0.1, 0.15) is 0 Å². The van der Waals surface area contributed by atoms with Crippen LogP contribution < -0.4 is 4.90 Å². The summed E-state index contributed by atoms with van der Waals surface area (Å²) in [6, 6.07) is 16.8. The Bertz CT molecular complexity index is 569. The molecule has 0 fully saturated rings. The van der Waals surface area contributed by atoms with Gasteiger partial charge in [-0.15, -0.1) is 0 Å². The van der Waals surface area contributed by atoms with E-state index in [-0.39, 0.29) is 0 Å². The third-order valence-electron chi connectivity index (χ3n) is 3.11. The van der Waals surface area contributed by atoms with E-state index in [1.165, 1.54) is 16.5 Å². The molecule has 3 heteroatoms. The third-order valence-corrected chi connectivity index (χ3v) is 3.11. The number of anilines is 1. The number of benzene rings is 2. The van der Waals surface area contributed by atoms with E-state index in [2.05, 4.69) is 60.5 Å². The molecule has 0 aromatic heterocycles. The molecule has 0 aliphatic carbocycles. The molecule has 0 aliphatic heterocycles. The predicted molar refractivity (Wildman–Crippen MR) is 78.3 cm³/mol. The van der Waals surface area contributed by atoms with Gasteiger partial charge in [0.25, 0.3) is 0 Å². The topological polar surface area (TPSA) is 36.3 Å². The van der Waals surface area contributed by atoms with E-state index in [1.807, 2.05) is 0 Å². The minimum atomic E-state index is 0.456. The van der Waals surface area contributed by atoms with E-state index in [1.54, 1.807) is 0 Å². The van der Waals surface area contributed by atoms with Crippen LogP contribution in [0.15, 0.2) is 42.5 Å². The lowest BCUT2D eigenvalue weighted by molar-refractivity contribution is 0.146. The van der Waals surface area contributed by atoms with Gasteiger partial charge >= 0.3 is 0 Å². The van der Waals surface area contributed by atoms with Gasteiger partial charge in [-0.1, -0.05) is 36.4 Å². The second-order valence-electron chi connectivity index (χ2n) is 4.44. The zero-order chi connectivity index (χ0) is 13.5. The van der Waals surface area contributed by atoms with Gasteiger partial charge in [-0.3, -0.25) is 0 Å². The van der Waals surface area contributed by atoms with Crippen molar-refractivity contribution in [1.29, 1.82) is 5.26 Å². The molecule has 0 amide bonds. The van der Waals surface area contributed by atoms with E-state index in [0.717, 1.165) is 6.54 Å². The second-order valence-corrected chi connectivity index (χ2v) is 4.44. The van der Waals surface area contributed by atoms with Crippen LogP contribution in [0.2, 0.25) is 0 Å². The molecular weight excluding hydrogens is 236 g/mol. The maximum Gasteiger partial charge on any atom is 0.0645 e. The Morgan fingerprint density at radius 1 is 1.11 bits per heavy atom. The number of fused-ring (bicyclic) bond motifs is 1. The second kappa shape index (κ2) is 6.77. The van der Waals surface area contributed by atoms with Gasteiger partial charge in [-0.25, -0.2) is 0 Å². The molecule has 2 aromatic carbocycles. The highest BCUT2D eigenvalue weighted by molar-refractivity contribution is 5.94. The Balaban J connectivity index is 2.01. The van der Waals surface area contributed by atoms with Gasteiger partial charge in [-0.05, 0) is 11.5 Å². The lowest BCUT2D eigenvalue weighted by Gasteiger charge is -2.21. The SMILES string of the molecule is CN(CCOCCC#N)c1cccc2ccccc12. The molecule has 0 spiro atoms. The van der Waals surface area contributed by atoms with Crippen molar-refractivity contribution in [2.75, 3.05) is 31.7 Å². The molecule has 0 saturated heterocycles. The number of rotatable bonds is 6. The van der Waals surface area contributed by atoms with Crippen LogP contribution in [-0.2, 0) is 4.74 Å². The highest BCUT2D eigenvalue weighted by Gasteiger charge is 2.05. The van der Waals surface area contributed by atoms with Gasteiger partial charge in [-0.2, -0.15) is 5.26 Å². The summed E-state index contributed by atoms with van der Waals surface area (Å²) >= 11 is 0. The number of hydrogen-bond acceptors (Lipinski definition) is 3.